The molecule has 0 saturated heterocycles. The Morgan fingerprint density at radius 1 is 1.29 bits per heavy atom. The second kappa shape index (κ2) is 10.1. The van der Waals surface area contributed by atoms with Gasteiger partial charge >= 0.3 is 10.3 Å². The lowest BCUT2D eigenvalue weighted by Gasteiger charge is -2.17. The maximum atomic E-state index is 14.0. The highest BCUT2D eigenvalue weighted by atomic mass is 32.2. The normalized spacial score (nSPS) is 22.9. The van der Waals surface area contributed by atoms with Crippen LogP contribution in [0.15, 0.2) is 48.6 Å². The van der Waals surface area contributed by atoms with Gasteiger partial charge in [0.05, 0.1) is 18.7 Å². The van der Waals surface area contributed by atoms with Gasteiger partial charge in [0.15, 0.2) is 0 Å². The summed E-state index contributed by atoms with van der Waals surface area (Å²) in [5.74, 6) is -1.60. The number of ketones is 1. The number of hydrogen-bond acceptors (Lipinski definition) is 8. The number of halogens is 2. The fraction of sp³-hybridized carbons (Fsp3) is 0.429. The quantitative estimate of drug-likeness (QED) is 0.506. The highest BCUT2D eigenvalue weighted by Gasteiger charge is 2.28. The van der Waals surface area contributed by atoms with Crippen LogP contribution in [0.3, 0.4) is 0 Å². The van der Waals surface area contributed by atoms with Gasteiger partial charge in [-0.2, -0.15) is 13.5 Å². The van der Waals surface area contributed by atoms with Crippen LogP contribution >= 0.6 is 0 Å². The monoisotopic (exact) mass is 494 g/mol. The number of allylic oxidation sites excluding steroid dienone is 4. The Balaban J connectivity index is 1.41. The van der Waals surface area contributed by atoms with Crippen molar-refractivity contribution in [3.05, 3.63) is 59.9 Å². The lowest BCUT2D eigenvalue weighted by atomic mass is 9.99. The first-order valence-electron chi connectivity index (χ1n) is 10.7. The summed E-state index contributed by atoms with van der Waals surface area (Å²) in [6.45, 7) is 0.0950. The van der Waals surface area contributed by atoms with E-state index in [-0.39, 0.29) is 42.8 Å². The standard InChI is InChI=1S/C21H24F2N6O4S/c22-15-2-4-18(23)14(8-15)10-29-6-5-19(28-29)20(30)17-9-25-12-26-21(17)27-16-3-1-13(7-16)11-33-34(24,31)32/h2,4-6,9,12-14,16H,1,3,7-8,10-11H2,(H2,24,31,32)(H,25,26,27). The molecule has 2 aliphatic rings. The molecule has 2 aromatic rings. The summed E-state index contributed by atoms with van der Waals surface area (Å²) in [4.78, 5) is 21.2. The topological polar surface area (TPSA) is 142 Å². The van der Waals surface area contributed by atoms with Gasteiger partial charge in [0.25, 0.3) is 0 Å². The molecule has 3 unspecified atom stereocenters. The molecule has 2 aliphatic carbocycles. The molecule has 0 radical (unpaired) electrons. The molecule has 0 amide bonds. The van der Waals surface area contributed by atoms with Crippen LogP contribution in [0.4, 0.5) is 14.6 Å². The van der Waals surface area contributed by atoms with Crippen molar-refractivity contribution in [1.82, 2.24) is 19.7 Å². The molecule has 1 fully saturated rings. The van der Waals surface area contributed by atoms with Crippen LogP contribution in [0.5, 0.6) is 0 Å². The SMILES string of the molecule is NS(=O)(=O)OCC1CCC(Nc2ncncc2C(=O)c2ccn(CC3CC(F)=CC=C3F)n2)C1. The van der Waals surface area contributed by atoms with Crippen molar-refractivity contribution in [3.8, 4) is 0 Å². The maximum absolute atomic E-state index is 14.0. The number of nitrogens with two attached hydrogens (primary N) is 1. The number of hydrogen-bond donors (Lipinski definition) is 2. The van der Waals surface area contributed by atoms with Gasteiger partial charge < -0.3 is 5.32 Å². The van der Waals surface area contributed by atoms with Crippen LogP contribution in [0, 0.1) is 11.8 Å². The number of anilines is 1. The third kappa shape index (κ3) is 6.10. The van der Waals surface area contributed by atoms with E-state index in [1.807, 2.05) is 0 Å². The summed E-state index contributed by atoms with van der Waals surface area (Å²) >= 11 is 0. The summed E-state index contributed by atoms with van der Waals surface area (Å²) in [7, 11) is -3.99. The van der Waals surface area contributed by atoms with Crippen LogP contribution in [-0.4, -0.2) is 46.6 Å². The number of aromatic nitrogens is 4. The number of rotatable bonds is 9. The van der Waals surface area contributed by atoms with Gasteiger partial charge in [-0.1, -0.05) is 0 Å². The number of carbonyl (C=O) groups excluding carboxylic acids is 1. The molecule has 2 aromatic heterocycles. The zero-order chi connectivity index (χ0) is 24.3. The van der Waals surface area contributed by atoms with E-state index in [0.29, 0.717) is 12.2 Å². The Labute approximate surface area is 195 Å². The van der Waals surface area contributed by atoms with Crippen LogP contribution in [0.25, 0.3) is 0 Å². The van der Waals surface area contributed by atoms with E-state index < -0.39 is 33.7 Å². The van der Waals surface area contributed by atoms with Crippen molar-refractivity contribution in [2.45, 2.75) is 38.3 Å². The van der Waals surface area contributed by atoms with E-state index in [1.165, 1.54) is 23.3 Å². The van der Waals surface area contributed by atoms with Gasteiger partial charge in [-0.25, -0.2) is 23.9 Å². The number of carbonyl (C=O) groups is 1. The molecule has 1 saturated carbocycles. The number of nitrogens with zero attached hydrogens (tertiary/aromatic N) is 4. The minimum Gasteiger partial charge on any atom is -0.367 e. The van der Waals surface area contributed by atoms with Gasteiger partial charge in [-0.15, -0.1) is 0 Å². The van der Waals surface area contributed by atoms with Crippen molar-refractivity contribution in [2.75, 3.05) is 11.9 Å². The maximum Gasteiger partial charge on any atom is 0.333 e. The minimum atomic E-state index is -3.99. The summed E-state index contributed by atoms with van der Waals surface area (Å²) in [5.41, 5.74) is 0.342. The second-order valence-electron chi connectivity index (χ2n) is 8.40. The van der Waals surface area contributed by atoms with E-state index in [0.717, 1.165) is 25.0 Å². The molecule has 0 aliphatic heterocycles. The summed E-state index contributed by atoms with van der Waals surface area (Å²) in [5, 5.41) is 12.3. The first-order chi connectivity index (χ1) is 16.2. The first-order valence-corrected chi connectivity index (χ1v) is 12.2. The largest absolute Gasteiger partial charge is 0.367 e. The smallest absolute Gasteiger partial charge is 0.333 e. The molecular weight excluding hydrogens is 470 g/mol. The van der Waals surface area contributed by atoms with E-state index >= 15 is 0 Å². The first kappa shape index (κ1) is 24.1. The minimum absolute atomic E-state index is 0.000474. The van der Waals surface area contributed by atoms with Crippen molar-refractivity contribution in [3.63, 3.8) is 0 Å². The average Bonchev–Trinajstić information content (AvgIpc) is 3.44. The van der Waals surface area contributed by atoms with Crippen molar-refractivity contribution in [1.29, 1.82) is 0 Å². The van der Waals surface area contributed by atoms with Gasteiger partial charge in [-0.05, 0) is 43.4 Å². The Bertz CT molecular complexity index is 1230. The zero-order valence-corrected chi connectivity index (χ0v) is 18.9. The van der Waals surface area contributed by atoms with Crippen LogP contribution < -0.4 is 10.5 Å². The summed E-state index contributed by atoms with van der Waals surface area (Å²) < 4.78 is 55.6. The van der Waals surface area contributed by atoms with Crippen LogP contribution in [-0.2, 0) is 21.0 Å². The third-order valence-corrected chi connectivity index (χ3v) is 6.31. The molecule has 0 spiro atoms. The van der Waals surface area contributed by atoms with E-state index in [9.17, 15) is 22.0 Å². The Kier molecular flexibility index (Phi) is 7.14. The van der Waals surface area contributed by atoms with Crippen molar-refractivity contribution in [2.24, 2.45) is 17.0 Å². The highest BCUT2D eigenvalue weighted by Crippen LogP contribution is 2.30. The van der Waals surface area contributed by atoms with Gasteiger partial charge in [-0.3, -0.25) is 13.7 Å². The fourth-order valence-electron chi connectivity index (χ4n) is 4.16. The fourth-order valence-corrected chi connectivity index (χ4v) is 4.54. The molecule has 13 heteroatoms. The predicted molar refractivity (Wildman–Crippen MR) is 118 cm³/mol. The molecule has 182 valence electrons. The van der Waals surface area contributed by atoms with Gasteiger partial charge in [0.2, 0.25) is 5.78 Å². The molecule has 34 heavy (non-hydrogen) atoms. The summed E-state index contributed by atoms with van der Waals surface area (Å²) in [6, 6.07) is 1.46. The zero-order valence-electron chi connectivity index (χ0n) is 18.1. The van der Waals surface area contributed by atoms with Gasteiger partial charge in [0, 0.05) is 30.8 Å². The molecular formula is C21H24F2N6O4S. The molecule has 4 rings (SSSR count). The third-order valence-electron chi connectivity index (χ3n) is 5.84. The lowest BCUT2D eigenvalue weighted by molar-refractivity contribution is 0.103. The van der Waals surface area contributed by atoms with Gasteiger partial charge in [0.1, 0.15) is 29.5 Å². The molecule has 3 N–H and O–H groups in total. The molecule has 2 heterocycles. The molecule has 0 aromatic carbocycles. The van der Waals surface area contributed by atoms with Crippen LogP contribution in [0.2, 0.25) is 0 Å². The average molecular weight is 495 g/mol. The predicted octanol–water partition coefficient (Wildman–Crippen LogP) is 2.43. The molecule has 10 nitrogen and oxygen atoms in total. The second-order valence-corrected chi connectivity index (χ2v) is 9.62. The lowest BCUT2D eigenvalue weighted by Crippen LogP contribution is -2.22. The highest BCUT2D eigenvalue weighted by molar-refractivity contribution is 7.84. The number of nitrogens with one attached hydrogen (secondary N) is 1. The van der Waals surface area contributed by atoms with Crippen molar-refractivity contribution >= 4 is 21.9 Å². The molecule has 0 bridgehead atoms. The Morgan fingerprint density at radius 3 is 2.91 bits per heavy atom. The Hall–Kier alpha value is -3.03. The summed E-state index contributed by atoms with van der Waals surface area (Å²) in [6.07, 6.45) is 8.47. The van der Waals surface area contributed by atoms with Crippen LogP contribution in [0.1, 0.15) is 41.7 Å². The van der Waals surface area contributed by atoms with Crippen molar-refractivity contribution < 1.29 is 26.2 Å². The van der Waals surface area contributed by atoms with E-state index in [1.54, 1.807) is 6.20 Å². The molecule has 3 atom stereocenters. The van der Waals surface area contributed by atoms with E-state index in [4.69, 9.17) is 5.14 Å². The van der Waals surface area contributed by atoms with E-state index in [2.05, 4.69) is 24.6 Å². The Morgan fingerprint density at radius 2 is 2.12 bits per heavy atom.